The van der Waals surface area contributed by atoms with Crippen molar-refractivity contribution in [2.24, 2.45) is 0 Å². The number of thiophene rings is 1. The van der Waals surface area contributed by atoms with Gasteiger partial charge in [-0.1, -0.05) is 23.8 Å². The van der Waals surface area contributed by atoms with Crippen LogP contribution in [0.5, 0.6) is 5.75 Å². The van der Waals surface area contributed by atoms with Crippen LogP contribution in [0.15, 0.2) is 41.8 Å². The van der Waals surface area contributed by atoms with E-state index in [1.165, 1.54) is 5.56 Å². The summed E-state index contributed by atoms with van der Waals surface area (Å²) in [4.78, 5) is 27.5. The molecule has 150 valence electrons. The molecule has 0 unspecified atom stereocenters. The third kappa shape index (κ3) is 6.37. The number of likely N-dealkylation sites (tertiary alicyclic amines) is 1. The van der Waals surface area contributed by atoms with Crippen LogP contribution >= 0.6 is 11.3 Å². The number of ether oxygens (including phenoxy) is 1. The molecule has 1 aliphatic heterocycles. The molecule has 3 rings (SSSR count). The fourth-order valence-electron chi connectivity index (χ4n) is 3.30. The molecule has 0 bridgehead atoms. The number of nitrogens with zero attached hydrogens (tertiary/aromatic N) is 1. The van der Waals surface area contributed by atoms with E-state index < -0.39 is 0 Å². The molecule has 6 heteroatoms. The number of carbonyl (C=O) groups excluding carboxylic acids is 2. The summed E-state index contributed by atoms with van der Waals surface area (Å²) in [5.41, 5.74) is 1.20. The van der Waals surface area contributed by atoms with Gasteiger partial charge in [-0.05, 0) is 49.8 Å². The summed E-state index contributed by atoms with van der Waals surface area (Å²) in [7, 11) is 0. The van der Waals surface area contributed by atoms with Gasteiger partial charge in [0.1, 0.15) is 5.75 Å². The molecular weight excluding hydrogens is 372 g/mol. The van der Waals surface area contributed by atoms with Gasteiger partial charge in [0, 0.05) is 30.4 Å². The van der Waals surface area contributed by atoms with Gasteiger partial charge in [0.2, 0.25) is 11.8 Å². The number of benzene rings is 1. The molecule has 0 radical (unpaired) electrons. The van der Waals surface area contributed by atoms with Crippen molar-refractivity contribution >= 4 is 23.2 Å². The molecule has 5 nitrogen and oxygen atoms in total. The lowest BCUT2D eigenvalue weighted by atomic mass is 10.0. The van der Waals surface area contributed by atoms with Gasteiger partial charge in [-0.25, -0.2) is 0 Å². The van der Waals surface area contributed by atoms with Crippen molar-refractivity contribution in [3.8, 4) is 5.75 Å². The normalized spacial score (nSPS) is 14.7. The van der Waals surface area contributed by atoms with Gasteiger partial charge in [-0.2, -0.15) is 0 Å². The van der Waals surface area contributed by atoms with E-state index in [9.17, 15) is 9.59 Å². The zero-order valence-electron chi connectivity index (χ0n) is 16.4. The molecule has 0 atom stereocenters. The Morgan fingerprint density at radius 1 is 1.18 bits per heavy atom. The van der Waals surface area contributed by atoms with Crippen LogP contribution in [-0.2, 0) is 16.0 Å². The molecule has 2 amide bonds. The van der Waals surface area contributed by atoms with Crippen molar-refractivity contribution in [3.63, 3.8) is 0 Å². The number of rotatable bonds is 8. The Balaban J connectivity index is 1.29. The first-order valence-corrected chi connectivity index (χ1v) is 10.8. The quantitative estimate of drug-likeness (QED) is 0.689. The van der Waals surface area contributed by atoms with E-state index in [2.05, 4.69) is 5.32 Å². The van der Waals surface area contributed by atoms with Crippen molar-refractivity contribution in [2.45, 2.75) is 45.1 Å². The molecule has 1 aliphatic rings. The van der Waals surface area contributed by atoms with Gasteiger partial charge >= 0.3 is 0 Å². The molecular formula is C22H28N2O3S. The smallest absolute Gasteiger partial charge is 0.227 e. The van der Waals surface area contributed by atoms with E-state index in [0.717, 1.165) is 23.5 Å². The number of nitrogens with one attached hydrogen (secondary N) is 1. The van der Waals surface area contributed by atoms with Crippen molar-refractivity contribution in [1.82, 2.24) is 10.2 Å². The van der Waals surface area contributed by atoms with E-state index >= 15 is 0 Å². The maximum absolute atomic E-state index is 12.3. The molecule has 2 heterocycles. The number of carbonyl (C=O) groups is 2. The van der Waals surface area contributed by atoms with Crippen LogP contribution in [0.4, 0.5) is 0 Å². The highest BCUT2D eigenvalue weighted by molar-refractivity contribution is 7.10. The average Bonchev–Trinajstić information content (AvgIpc) is 3.20. The minimum atomic E-state index is 0.0656. The summed E-state index contributed by atoms with van der Waals surface area (Å²) in [6.45, 7) is 4.00. The van der Waals surface area contributed by atoms with Crippen LogP contribution in [0.3, 0.4) is 0 Å². The molecule has 0 spiro atoms. The highest BCUT2D eigenvalue weighted by atomic mass is 32.1. The number of hydrogen-bond donors (Lipinski definition) is 1. The molecule has 28 heavy (non-hydrogen) atoms. The van der Waals surface area contributed by atoms with Gasteiger partial charge in [0.15, 0.2) is 0 Å². The average molecular weight is 401 g/mol. The van der Waals surface area contributed by atoms with Gasteiger partial charge in [0.05, 0.1) is 13.0 Å². The first kappa shape index (κ1) is 20.4. The summed E-state index contributed by atoms with van der Waals surface area (Å²) < 4.78 is 5.66. The van der Waals surface area contributed by atoms with Crippen LogP contribution in [0, 0.1) is 6.92 Å². The van der Waals surface area contributed by atoms with Crippen molar-refractivity contribution in [3.05, 3.63) is 52.2 Å². The third-order valence-corrected chi connectivity index (χ3v) is 5.83. The Morgan fingerprint density at radius 3 is 2.61 bits per heavy atom. The summed E-state index contributed by atoms with van der Waals surface area (Å²) in [6, 6.07) is 12.1. The highest BCUT2D eigenvalue weighted by Crippen LogP contribution is 2.15. The second kappa shape index (κ2) is 10.3. The number of amides is 2. The first-order valence-electron chi connectivity index (χ1n) is 9.89. The maximum Gasteiger partial charge on any atom is 0.227 e. The molecule has 0 saturated carbocycles. The van der Waals surface area contributed by atoms with Crippen molar-refractivity contribution in [1.29, 1.82) is 0 Å². The van der Waals surface area contributed by atoms with Crippen LogP contribution in [0.1, 0.15) is 36.1 Å². The lowest BCUT2D eigenvalue weighted by molar-refractivity contribution is -0.131. The molecule has 0 aliphatic carbocycles. The Labute approximate surface area is 170 Å². The lowest BCUT2D eigenvalue weighted by Crippen LogP contribution is -2.46. The third-order valence-electron chi connectivity index (χ3n) is 4.96. The van der Waals surface area contributed by atoms with Crippen LogP contribution in [-0.4, -0.2) is 42.5 Å². The first-order chi connectivity index (χ1) is 13.6. The van der Waals surface area contributed by atoms with Gasteiger partial charge in [0.25, 0.3) is 0 Å². The summed E-state index contributed by atoms with van der Waals surface area (Å²) in [5, 5.41) is 5.10. The van der Waals surface area contributed by atoms with Crippen molar-refractivity contribution < 1.29 is 14.3 Å². The second-order valence-corrected chi connectivity index (χ2v) is 8.28. The minimum absolute atomic E-state index is 0.0656. The Hall–Kier alpha value is -2.34. The molecule has 2 aromatic rings. The van der Waals surface area contributed by atoms with E-state index in [1.807, 2.05) is 53.6 Å². The summed E-state index contributed by atoms with van der Waals surface area (Å²) in [6.07, 6.45) is 3.28. The highest BCUT2D eigenvalue weighted by Gasteiger charge is 2.23. The largest absolute Gasteiger partial charge is 0.494 e. The number of aryl methyl sites for hydroxylation is 1. The number of hydrogen-bond acceptors (Lipinski definition) is 4. The van der Waals surface area contributed by atoms with E-state index in [4.69, 9.17) is 4.74 Å². The van der Waals surface area contributed by atoms with E-state index in [1.54, 1.807) is 11.3 Å². The topological polar surface area (TPSA) is 58.6 Å². The fraction of sp³-hybridized carbons (Fsp3) is 0.455. The monoisotopic (exact) mass is 400 g/mol. The fourth-order valence-corrected chi connectivity index (χ4v) is 4.00. The van der Waals surface area contributed by atoms with Gasteiger partial charge in [-0.15, -0.1) is 11.3 Å². The summed E-state index contributed by atoms with van der Waals surface area (Å²) >= 11 is 1.62. The Bertz CT molecular complexity index is 751. The standard InChI is InChI=1S/C22H28N2O3S/c1-17-6-8-19(9-7-17)27-14-2-5-21(25)23-18-10-12-24(13-11-18)22(26)16-20-4-3-15-28-20/h3-4,6-9,15,18H,2,5,10-14,16H2,1H3,(H,23,25). The SMILES string of the molecule is Cc1ccc(OCCCC(=O)NC2CCN(C(=O)Cc3cccs3)CC2)cc1. The number of piperidine rings is 1. The lowest BCUT2D eigenvalue weighted by Gasteiger charge is -2.32. The molecule has 1 N–H and O–H groups in total. The van der Waals surface area contributed by atoms with E-state index in [-0.39, 0.29) is 17.9 Å². The molecule has 1 aromatic carbocycles. The Morgan fingerprint density at radius 2 is 1.93 bits per heavy atom. The Kier molecular flexibility index (Phi) is 7.48. The summed E-state index contributed by atoms with van der Waals surface area (Å²) in [5.74, 6) is 1.09. The molecule has 1 fully saturated rings. The maximum atomic E-state index is 12.3. The minimum Gasteiger partial charge on any atom is -0.494 e. The van der Waals surface area contributed by atoms with E-state index in [0.29, 0.717) is 39.0 Å². The molecule has 1 saturated heterocycles. The van der Waals surface area contributed by atoms with Gasteiger partial charge in [-0.3, -0.25) is 9.59 Å². The zero-order valence-corrected chi connectivity index (χ0v) is 17.2. The van der Waals surface area contributed by atoms with Crippen LogP contribution < -0.4 is 10.1 Å². The molecule has 1 aromatic heterocycles. The predicted octanol–water partition coefficient (Wildman–Crippen LogP) is 3.57. The van der Waals surface area contributed by atoms with Crippen LogP contribution in [0.2, 0.25) is 0 Å². The van der Waals surface area contributed by atoms with Crippen molar-refractivity contribution in [2.75, 3.05) is 19.7 Å². The van der Waals surface area contributed by atoms with Crippen LogP contribution in [0.25, 0.3) is 0 Å². The second-order valence-electron chi connectivity index (χ2n) is 7.24. The zero-order chi connectivity index (χ0) is 19.8. The predicted molar refractivity (Wildman–Crippen MR) is 112 cm³/mol. The van der Waals surface area contributed by atoms with Gasteiger partial charge < -0.3 is 15.0 Å².